The Labute approximate surface area is 155 Å². The highest BCUT2D eigenvalue weighted by Gasteiger charge is 2.14. The molecule has 0 saturated heterocycles. The summed E-state index contributed by atoms with van der Waals surface area (Å²) in [6.45, 7) is 0. The molecule has 0 spiro atoms. The van der Waals surface area contributed by atoms with Gasteiger partial charge in [0, 0.05) is 17.7 Å². The molecule has 12 heteroatoms. The second-order valence-electron chi connectivity index (χ2n) is 4.95. The lowest BCUT2D eigenvalue weighted by atomic mass is 10.2. The quantitative estimate of drug-likeness (QED) is 0.365. The van der Waals surface area contributed by atoms with Crippen molar-refractivity contribution in [2.45, 2.75) is 5.22 Å². The van der Waals surface area contributed by atoms with Crippen LogP contribution < -0.4 is 10.9 Å². The zero-order valence-corrected chi connectivity index (χ0v) is 14.3. The van der Waals surface area contributed by atoms with Crippen LogP contribution >= 0.6 is 11.8 Å². The van der Waals surface area contributed by atoms with Crippen molar-refractivity contribution in [1.29, 1.82) is 0 Å². The van der Waals surface area contributed by atoms with Crippen molar-refractivity contribution < 1.29 is 23.3 Å². The summed E-state index contributed by atoms with van der Waals surface area (Å²) in [6.07, 6.45) is 1.47. The van der Waals surface area contributed by atoms with Crippen LogP contribution in [0.4, 0.5) is 5.69 Å². The second kappa shape index (κ2) is 8.14. The van der Waals surface area contributed by atoms with Crippen LogP contribution in [0, 0.1) is 10.1 Å². The van der Waals surface area contributed by atoms with Gasteiger partial charge in [0.15, 0.2) is 5.76 Å². The molecule has 3 aromatic rings. The van der Waals surface area contributed by atoms with E-state index >= 15 is 0 Å². The lowest BCUT2D eigenvalue weighted by Gasteiger charge is -2.06. The molecule has 1 aromatic carbocycles. The maximum Gasteiger partial charge on any atom is 0.284 e. The zero-order chi connectivity index (χ0) is 19.2. The maximum absolute atomic E-state index is 11.9. The molecule has 0 bridgehead atoms. The smallest absolute Gasteiger partial charge is 0.284 e. The minimum absolute atomic E-state index is 0.0830. The molecule has 2 heterocycles. The Hall–Kier alpha value is -3.67. The van der Waals surface area contributed by atoms with E-state index in [1.165, 1.54) is 30.5 Å². The van der Waals surface area contributed by atoms with Gasteiger partial charge in [0.05, 0.1) is 16.9 Å². The number of thioether (sulfide) groups is 1. The Kier molecular flexibility index (Phi) is 5.47. The molecule has 0 aliphatic heterocycles. The van der Waals surface area contributed by atoms with Crippen molar-refractivity contribution >= 4 is 29.3 Å². The van der Waals surface area contributed by atoms with Crippen LogP contribution in [0.15, 0.2) is 56.7 Å². The van der Waals surface area contributed by atoms with Crippen LogP contribution in [0.5, 0.6) is 0 Å². The Morgan fingerprint density at radius 1 is 1.15 bits per heavy atom. The number of amides is 2. The molecule has 0 aliphatic carbocycles. The van der Waals surface area contributed by atoms with Crippen LogP contribution in [0.1, 0.15) is 10.4 Å². The van der Waals surface area contributed by atoms with E-state index in [1.807, 2.05) is 0 Å². The molecule has 0 radical (unpaired) electrons. The van der Waals surface area contributed by atoms with Crippen LogP contribution in [0.25, 0.3) is 11.7 Å². The van der Waals surface area contributed by atoms with Gasteiger partial charge >= 0.3 is 0 Å². The molecule has 0 saturated carbocycles. The summed E-state index contributed by atoms with van der Waals surface area (Å²) in [4.78, 5) is 33.7. The highest BCUT2D eigenvalue weighted by Crippen LogP contribution is 2.23. The van der Waals surface area contributed by atoms with E-state index in [9.17, 15) is 19.7 Å². The summed E-state index contributed by atoms with van der Waals surface area (Å²) < 4.78 is 10.4. The third kappa shape index (κ3) is 4.70. The number of nitrogens with zero attached hydrogens (tertiary/aromatic N) is 3. The molecule has 2 amide bonds. The highest BCUT2D eigenvalue weighted by atomic mass is 32.2. The minimum atomic E-state index is -0.610. The van der Waals surface area contributed by atoms with E-state index < -0.39 is 16.7 Å². The number of hydrogen-bond acceptors (Lipinski definition) is 9. The number of carbonyl (C=O) groups excluding carboxylic acids is 2. The first kappa shape index (κ1) is 18.1. The zero-order valence-electron chi connectivity index (χ0n) is 13.4. The van der Waals surface area contributed by atoms with Crippen LogP contribution in [0.3, 0.4) is 0 Å². The molecule has 0 atom stereocenters. The number of hydrazine groups is 1. The monoisotopic (exact) mass is 389 g/mol. The highest BCUT2D eigenvalue weighted by molar-refractivity contribution is 7.99. The fourth-order valence-corrected chi connectivity index (χ4v) is 2.43. The van der Waals surface area contributed by atoms with Gasteiger partial charge in [-0.05, 0) is 24.3 Å². The number of carbonyl (C=O) groups is 2. The minimum Gasteiger partial charge on any atom is -0.459 e. The molecule has 27 heavy (non-hydrogen) atoms. The fraction of sp³-hybridized carbons (Fsp3) is 0.0667. The summed E-state index contributed by atoms with van der Waals surface area (Å²) >= 11 is 0.979. The van der Waals surface area contributed by atoms with E-state index in [0.29, 0.717) is 5.76 Å². The van der Waals surface area contributed by atoms with E-state index in [2.05, 4.69) is 21.0 Å². The second-order valence-corrected chi connectivity index (χ2v) is 5.87. The molecular formula is C15H11N5O6S. The SMILES string of the molecule is O=C(CSc1nnc(-c2ccco2)o1)NNC(=O)c1ccc([N+](=O)[O-])cc1. The Balaban J connectivity index is 1.45. The third-order valence-corrected chi connectivity index (χ3v) is 3.94. The van der Waals surface area contributed by atoms with Gasteiger partial charge in [0.25, 0.3) is 22.7 Å². The number of furan rings is 1. The summed E-state index contributed by atoms with van der Waals surface area (Å²) in [7, 11) is 0. The lowest BCUT2D eigenvalue weighted by Crippen LogP contribution is -2.42. The molecule has 0 unspecified atom stereocenters. The van der Waals surface area contributed by atoms with Gasteiger partial charge in [-0.3, -0.25) is 30.6 Å². The molecule has 2 N–H and O–H groups in total. The largest absolute Gasteiger partial charge is 0.459 e. The number of nitro groups is 1. The van der Waals surface area contributed by atoms with Gasteiger partial charge in [0.2, 0.25) is 5.91 Å². The number of rotatable bonds is 6. The maximum atomic E-state index is 11.9. The number of hydrogen-bond donors (Lipinski definition) is 2. The molecule has 0 aliphatic rings. The van der Waals surface area contributed by atoms with Crippen molar-refractivity contribution in [3.63, 3.8) is 0 Å². The number of non-ortho nitro benzene ring substituents is 1. The van der Waals surface area contributed by atoms with Gasteiger partial charge in [0.1, 0.15) is 0 Å². The summed E-state index contributed by atoms with van der Waals surface area (Å²) in [6, 6.07) is 8.28. The van der Waals surface area contributed by atoms with Crippen molar-refractivity contribution in [2.24, 2.45) is 0 Å². The average Bonchev–Trinajstić information content (AvgIpc) is 3.35. The van der Waals surface area contributed by atoms with E-state index in [4.69, 9.17) is 8.83 Å². The third-order valence-electron chi connectivity index (χ3n) is 3.12. The number of benzene rings is 1. The predicted octanol–water partition coefficient (Wildman–Crippen LogP) is 1.79. The van der Waals surface area contributed by atoms with E-state index in [1.54, 1.807) is 12.1 Å². The number of nitrogens with one attached hydrogen (secondary N) is 2. The van der Waals surface area contributed by atoms with Crippen LogP contribution in [-0.2, 0) is 4.79 Å². The van der Waals surface area contributed by atoms with Gasteiger partial charge in [-0.2, -0.15) is 0 Å². The first-order chi connectivity index (χ1) is 13.0. The molecule has 11 nitrogen and oxygen atoms in total. The Morgan fingerprint density at radius 2 is 1.93 bits per heavy atom. The average molecular weight is 389 g/mol. The Bertz CT molecular complexity index is 954. The van der Waals surface area contributed by atoms with Crippen molar-refractivity contribution in [2.75, 3.05) is 5.75 Å². The van der Waals surface area contributed by atoms with Gasteiger partial charge in [-0.25, -0.2) is 0 Å². The molecular weight excluding hydrogens is 378 g/mol. The first-order valence-electron chi connectivity index (χ1n) is 7.37. The normalized spacial score (nSPS) is 10.4. The Morgan fingerprint density at radius 3 is 2.59 bits per heavy atom. The summed E-state index contributed by atoms with van der Waals surface area (Å²) in [5.74, 6) is -0.599. The summed E-state index contributed by atoms with van der Waals surface area (Å²) in [5.41, 5.74) is 4.45. The van der Waals surface area contributed by atoms with E-state index in [-0.39, 0.29) is 28.1 Å². The van der Waals surface area contributed by atoms with Crippen molar-refractivity contribution in [1.82, 2.24) is 21.0 Å². The number of nitro benzene ring substituents is 1. The lowest BCUT2D eigenvalue weighted by molar-refractivity contribution is -0.384. The first-order valence-corrected chi connectivity index (χ1v) is 8.35. The fourth-order valence-electron chi connectivity index (χ4n) is 1.86. The van der Waals surface area contributed by atoms with Crippen LogP contribution in [0.2, 0.25) is 0 Å². The predicted molar refractivity (Wildman–Crippen MR) is 91.4 cm³/mol. The number of aromatic nitrogens is 2. The van der Waals surface area contributed by atoms with Crippen LogP contribution in [-0.4, -0.2) is 32.7 Å². The summed E-state index contributed by atoms with van der Waals surface area (Å²) in [5, 5.41) is 18.3. The van der Waals surface area contributed by atoms with Crippen molar-refractivity contribution in [3.05, 3.63) is 58.3 Å². The molecule has 0 fully saturated rings. The van der Waals surface area contributed by atoms with Gasteiger partial charge in [-0.15, -0.1) is 10.2 Å². The van der Waals surface area contributed by atoms with Gasteiger partial charge in [-0.1, -0.05) is 11.8 Å². The topological polar surface area (TPSA) is 153 Å². The van der Waals surface area contributed by atoms with Gasteiger partial charge < -0.3 is 8.83 Å². The van der Waals surface area contributed by atoms with E-state index in [0.717, 1.165) is 11.8 Å². The van der Waals surface area contributed by atoms with Crippen molar-refractivity contribution in [3.8, 4) is 11.7 Å². The molecule has 138 valence electrons. The molecule has 2 aromatic heterocycles. The standard InChI is InChI=1S/C15H11N5O6S/c21-12(8-27-15-19-18-14(26-15)11-2-1-7-25-11)16-17-13(22)9-3-5-10(6-4-9)20(23)24/h1-7H,8H2,(H,16,21)(H,17,22). The molecule has 3 rings (SSSR count).